The third kappa shape index (κ3) is 3.75. The molecule has 0 amide bonds. The highest BCUT2D eigenvalue weighted by atomic mass is 79.9. The zero-order valence-electron chi connectivity index (χ0n) is 9.24. The number of rotatable bonds is 5. The molecule has 1 aromatic carbocycles. The Hall–Kier alpha value is -1.00. The summed E-state index contributed by atoms with van der Waals surface area (Å²) in [6.07, 6.45) is 6.65. The molecule has 0 unspecified atom stereocenters. The summed E-state index contributed by atoms with van der Waals surface area (Å²) in [6.45, 7) is 1.90. The maximum absolute atomic E-state index is 5.92. The second-order valence-electron chi connectivity index (χ2n) is 3.71. The Morgan fingerprint density at radius 2 is 2.29 bits per heavy atom. The van der Waals surface area contributed by atoms with Crippen molar-refractivity contribution in [3.05, 3.63) is 46.4 Å². The van der Waals surface area contributed by atoms with E-state index in [1.807, 2.05) is 30.7 Å². The average Bonchev–Trinajstić information content (AvgIpc) is 2.82. The van der Waals surface area contributed by atoms with Gasteiger partial charge in [0, 0.05) is 35.6 Å². The van der Waals surface area contributed by atoms with Crippen molar-refractivity contribution in [2.45, 2.75) is 13.0 Å². The first-order valence-corrected chi connectivity index (χ1v) is 6.57. The van der Waals surface area contributed by atoms with E-state index in [-0.39, 0.29) is 0 Å². The largest absolute Gasteiger partial charge is 0.385 e. The molecule has 5 heteroatoms. The fraction of sp³-hybridized carbons (Fsp3) is 0.250. The van der Waals surface area contributed by atoms with Crippen molar-refractivity contribution in [2.24, 2.45) is 0 Å². The molecule has 1 N–H and O–H groups in total. The number of imidazole rings is 1. The van der Waals surface area contributed by atoms with Gasteiger partial charge in [-0.05, 0) is 40.5 Å². The third-order valence-corrected chi connectivity index (χ3v) is 3.61. The summed E-state index contributed by atoms with van der Waals surface area (Å²) in [6, 6.07) is 5.84. The molecular weight excluding hydrogens is 302 g/mol. The van der Waals surface area contributed by atoms with E-state index in [4.69, 9.17) is 11.6 Å². The molecule has 0 radical (unpaired) electrons. The fourth-order valence-electron chi connectivity index (χ4n) is 1.52. The lowest BCUT2D eigenvalue weighted by atomic mass is 10.3. The lowest BCUT2D eigenvalue weighted by molar-refractivity contribution is 0.661. The number of halogens is 2. The Morgan fingerprint density at radius 1 is 1.41 bits per heavy atom. The Kier molecular flexibility index (Phi) is 4.45. The van der Waals surface area contributed by atoms with Crippen LogP contribution in [0, 0.1) is 0 Å². The SMILES string of the molecule is Clc1ccc(NCCCn2ccnc2)cc1Br. The zero-order valence-corrected chi connectivity index (χ0v) is 11.6. The van der Waals surface area contributed by atoms with Crippen molar-refractivity contribution in [3.8, 4) is 0 Å². The molecule has 2 aromatic rings. The van der Waals surface area contributed by atoms with Gasteiger partial charge in [-0.15, -0.1) is 0 Å². The van der Waals surface area contributed by atoms with Crippen molar-refractivity contribution in [1.29, 1.82) is 0 Å². The second kappa shape index (κ2) is 6.07. The summed E-state index contributed by atoms with van der Waals surface area (Å²) >= 11 is 9.33. The summed E-state index contributed by atoms with van der Waals surface area (Å²) in [5.74, 6) is 0. The lowest BCUT2D eigenvalue weighted by Gasteiger charge is -2.07. The third-order valence-electron chi connectivity index (χ3n) is 2.40. The van der Waals surface area contributed by atoms with E-state index in [1.165, 1.54) is 0 Å². The van der Waals surface area contributed by atoms with E-state index in [2.05, 4.69) is 30.8 Å². The molecule has 0 aliphatic rings. The van der Waals surface area contributed by atoms with Gasteiger partial charge in [0.2, 0.25) is 0 Å². The van der Waals surface area contributed by atoms with Crippen LogP contribution >= 0.6 is 27.5 Å². The van der Waals surface area contributed by atoms with Crippen LogP contribution in [0.1, 0.15) is 6.42 Å². The molecule has 0 saturated heterocycles. The molecule has 2 rings (SSSR count). The van der Waals surface area contributed by atoms with Crippen LogP contribution in [0.15, 0.2) is 41.4 Å². The maximum atomic E-state index is 5.92. The van der Waals surface area contributed by atoms with Crippen LogP contribution in [-0.2, 0) is 6.54 Å². The number of nitrogens with zero attached hydrogens (tertiary/aromatic N) is 2. The van der Waals surface area contributed by atoms with Gasteiger partial charge in [-0.25, -0.2) is 4.98 Å². The first-order chi connectivity index (χ1) is 8.25. The Balaban J connectivity index is 1.76. The quantitative estimate of drug-likeness (QED) is 0.851. The topological polar surface area (TPSA) is 29.9 Å². The molecule has 0 bridgehead atoms. The minimum absolute atomic E-state index is 0.731. The fourth-order valence-corrected chi connectivity index (χ4v) is 2.02. The number of aryl methyl sites for hydroxylation is 1. The van der Waals surface area contributed by atoms with E-state index in [1.54, 1.807) is 6.20 Å². The van der Waals surface area contributed by atoms with Gasteiger partial charge in [-0.1, -0.05) is 11.6 Å². The first-order valence-electron chi connectivity index (χ1n) is 5.40. The van der Waals surface area contributed by atoms with Crippen LogP contribution in [0.4, 0.5) is 5.69 Å². The van der Waals surface area contributed by atoms with Crippen molar-refractivity contribution in [2.75, 3.05) is 11.9 Å². The van der Waals surface area contributed by atoms with Crippen LogP contribution in [0.25, 0.3) is 0 Å². The molecule has 0 spiro atoms. The standard InChI is InChI=1S/C12H13BrClN3/c13-11-8-10(2-3-12(11)14)16-4-1-6-17-7-5-15-9-17/h2-3,5,7-9,16H,1,4,6H2. The first kappa shape index (κ1) is 12.5. The van der Waals surface area contributed by atoms with E-state index in [9.17, 15) is 0 Å². The van der Waals surface area contributed by atoms with E-state index in [0.29, 0.717) is 0 Å². The van der Waals surface area contributed by atoms with Gasteiger partial charge in [0.1, 0.15) is 0 Å². The number of hydrogen-bond donors (Lipinski definition) is 1. The number of hydrogen-bond acceptors (Lipinski definition) is 2. The molecule has 3 nitrogen and oxygen atoms in total. The van der Waals surface area contributed by atoms with Gasteiger partial charge in [0.05, 0.1) is 11.3 Å². The lowest BCUT2D eigenvalue weighted by Crippen LogP contribution is -2.05. The van der Waals surface area contributed by atoms with Crippen LogP contribution in [0.3, 0.4) is 0 Å². The predicted molar refractivity (Wildman–Crippen MR) is 74.5 cm³/mol. The summed E-state index contributed by atoms with van der Waals surface area (Å²) in [5, 5.41) is 4.08. The Labute approximate surface area is 114 Å². The molecule has 0 atom stereocenters. The number of nitrogens with one attached hydrogen (secondary N) is 1. The zero-order chi connectivity index (χ0) is 12.1. The van der Waals surface area contributed by atoms with Crippen LogP contribution in [0.2, 0.25) is 5.02 Å². The van der Waals surface area contributed by atoms with Crippen molar-refractivity contribution >= 4 is 33.2 Å². The van der Waals surface area contributed by atoms with Gasteiger partial charge in [0.25, 0.3) is 0 Å². The highest BCUT2D eigenvalue weighted by molar-refractivity contribution is 9.10. The maximum Gasteiger partial charge on any atom is 0.0945 e. The summed E-state index contributed by atoms with van der Waals surface area (Å²) in [7, 11) is 0. The van der Waals surface area contributed by atoms with Gasteiger partial charge in [-0.3, -0.25) is 0 Å². The number of benzene rings is 1. The monoisotopic (exact) mass is 313 g/mol. The molecule has 0 saturated carbocycles. The van der Waals surface area contributed by atoms with Crippen LogP contribution in [0.5, 0.6) is 0 Å². The van der Waals surface area contributed by atoms with Gasteiger partial charge in [0.15, 0.2) is 0 Å². The smallest absolute Gasteiger partial charge is 0.0945 e. The van der Waals surface area contributed by atoms with Crippen LogP contribution < -0.4 is 5.32 Å². The van der Waals surface area contributed by atoms with Crippen LogP contribution in [-0.4, -0.2) is 16.1 Å². The van der Waals surface area contributed by atoms with Gasteiger partial charge >= 0.3 is 0 Å². The van der Waals surface area contributed by atoms with E-state index >= 15 is 0 Å². The average molecular weight is 315 g/mol. The van der Waals surface area contributed by atoms with Crippen molar-refractivity contribution in [1.82, 2.24) is 9.55 Å². The van der Waals surface area contributed by atoms with Gasteiger partial charge < -0.3 is 9.88 Å². The molecule has 17 heavy (non-hydrogen) atoms. The predicted octanol–water partition coefficient (Wildman–Crippen LogP) is 3.80. The highest BCUT2D eigenvalue weighted by Crippen LogP contribution is 2.25. The molecule has 0 fully saturated rings. The molecule has 1 heterocycles. The highest BCUT2D eigenvalue weighted by Gasteiger charge is 1.98. The normalized spacial score (nSPS) is 10.5. The molecule has 90 valence electrons. The Morgan fingerprint density at radius 3 is 3.00 bits per heavy atom. The van der Waals surface area contributed by atoms with E-state index in [0.717, 1.165) is 34.7 Å². The van der Waals surface area contributed by atoms with Crippen molar-refractivity contribution < 1.29 is 0 Å². The molecule has 1 aromatic heterocycles. The molecular formula is C12H13BrClN3. The minimum Gasteiger partial charge on any atom is -0.385 e. The van der Waals surface area contributed by atoms with Crippen molar-refractivity contribution in [3.63, 3.8) is 0 Å². The summed E-state index contributed by atoms with van der Waals surface area (Å²) in [5.41, 5.74) is 1.08. The van der Waals surface area contributed by atoms with E-state index < -0.39 is 0 Å². The number of aromatic nitrogens is 2. The minimum atomic E-state index is 0.731. The summed E-state index contributed by atoms with van der Waals surface area (Å²) in [4.78, 5) is 4.00. The Bertz CT molecular complexity index is 471. The molecule has 0 aliphatic heterocycles. The second-order valence-corrected chi connectivity index (χ2v) is 4.97. The summed E-state index contributed by atoms with van der Waals surface area (Å²) < 4.78 is 2.98. The van der Waals surface area contributed by atoms with Gasteiger partial charge in [-0.2, -0.15) is 0 Å². The number of anilines is 1. The molecule has 0 aliphatic carbocycles.